The molecule has 0 aromatic carbocycles. The van der Waals surface area contributed by atoms with Gasteiger partial charge in [-0.25, -0.2) is 0 Å². The van der Waals surface area contributed by atoms with E-state index in [0.717, 1.165) is 19.3 Å². The van der Waals surface area contributed by atoms with E-state index >= 15 is 0 Å². The van der Waals surface area contributed by atoms with Crippen molar-refractivity contribution in [1.29, 1.82) is 0 Å². The van der Waals surface area contributed by atoms with Gasteiger partial charge in [0.1, 0.15) is 0 Å². The fourth-order valence-electron chi connectivity index (χ4n) is 1.43. The van der Waals surface area contributed by atoms with Crippen molar-refractivity contribution in [3.05, 3.63) is 0 Å². The van der Waals surface area contributed by atoms with Gasteiger partial charge in [-0.1, -0.05) is 6.92 Å². The van der Waals surface area contributed by atoms with Crippen LogP contribution in [0.4, 0.5) is 0 Å². The van der Waals surface area contributed by atoms with E-state index in [2.05, 4.69) is 0 Å². The molecule has 1 saturated carbocycles. The molecule has 1 aliphatic carbocycles. The van der Waals surface area contributed by atoms with Crippen LogP contribution in [-0.2, 0) is 0 Å². The maximum atomic E-state index is 9.08. The molecule has 2 heteroatoms. The van der Waals surface area contributed by atoms with Crippen molar-refractivity contribution < 1.29 is 10.2 Å². The zero-order chi connectivity index (χ0) is 6.91. The van der Waals surface area contributed by atoms with E-state index in [1.54, 1.807) is 0 Å². The van der Waals surface area contributed by atoms with Crippen molar-refractivity contribution in [3.63, 3.8) is 0 Å². The summed E-state index contributed by atoms with van der Waals surface area (Å²) in [6.45, 7) is 2.23. The van der Waals surface area contributed by atoms with Crippen LogP contribution in [0.25, 0.3) is 0 Å². The molecular formula is C7H14O2. The summed E-state index contributed by atoms with van der Waals surface area (Å²) in [6, 6.07) is 0. The van der Waals surface area contributed by atoms with E-state index in [9.17, 15) is 0 Å². The second-order valence-corrected chi connectivity index (χ2v) is 3.37. The van der Waals surface area contributed by atoms with Crippen LogP contribution in [0.15, 0.2) is 0 Å². The summed E-state index contributed by atoms with van der Waals surface area (Å²) in [5.74, 6) is 0. The van der Waals surface area contributed by atoms with Crippen molar-refractivity contribution in [1.82, 2.24) is 0 Å². The first-order valence-electron chi connectivity index (χ1n) is 3.45. The maximum absolute atomic E-state index is 9.08. The predicted molar refractivity (Wildman–Crippen MR) is 35.1 cm³/mol. The monoisotopic (exact) mass is 130 g/mol. The summed E-state index contributed by atoms with van der Waals surface area (Å²) in [4.78, 5) is 0. The van der Waals surface area contributed by atoms with Crippen molar-refractivity contribution >= 4 is 0 Å². The molecule has 0 aromatic heterocycles. The summed E-state index contributed by atoms with van der Waals surface area (Å²) in [7, 11) is 0. The zero-order valence-corrected chi connectivity index (χ0v) is 5.80. The smallest absolute Gasteiger partial charge is 0.0546 e. The highest BCUT2D eigenvalue weighted by Crippen LogP contribution is 2.36. The second kappa shape index (κ2) is 2.27. The maximum Gasteiger partial charge on any atom is 0.0546 e. The third-order valence-electron chi connectivity index (χ3n) is 2.19. The topological polar surface area (TPSA) is 40.5 Å². The van der Waals surface area contributed by atoms with Gasteiger partial charge in [0.15, 0.2) is 0 Å². The molecule has 1 aliphatic rings. The zero-order valence-electron chi connectivity index (χ0n) is 5.80. The normalized spacial score (nSPS) is 43.7. The standard InChI is InChI=1S/C7H14O2/c1-7(5-8)3-2-6(9)4-7/h6,8-9H,2-5H2,1H3/t6-,7?/m1/s1. The Labute approximate surface area is 55.5 Å². The minimum Gasteiger partial charge on any atom is -0.396 e. The van der Waals surface area contributed by atoms with Crippen LogP contribution < -0.4 is 0 Å². The van der Waals surface area contributed by atoms with Crippen LogP contribution in [0.1, 0.15) is 26.2 Å². The van der Waals surface area contributed by atoms with Crippen LogP contribution in [0, 0.1) is 5.41 Å². The van der Waals surface area contributed by atoms with Gasteiger partial charge in [-0.3, -0.25) is 0 Å². The molecule has 1 fully saturated rings. The number of hydrogen-bond donors (Lipinski definition) is 2. The van der Waals surface area contributed by atoms with E-state index < -0.39 is 0 Å². The first kappa shape index (κ1) is 7.03. The molecule has 0 amide bonds. The summed E-state index contributed by atoms with van der Waals surface area (Å²) >= 11 is 0. The molecule has 0 radical (unpaired) electrons. The number of rotatable bonds is 1. The molecule has 2 atom stereocenters. The molecule has 1 rings (SSSR count). The Balaban J connectivity index is 2.45. The molecule has 2 nitrogen and oxygen atoms in total. The summed E-state index contributed by atoms with van der Waals surface area (Å²) in [5.41, 5.74) is 0.0133. The van der Waals surface area contributed by atoms with Gasteiger partial charge in [0, 0.05) is 6.61 Å². The van der Waals surface area contributed by atoms with E-state index in [1.807, 2.05) is 6.92 Å². The average molecular weight is 130 g/mol. The SMILES string of the molecule is CC1(CO)CC[C@@H](O)C1. The molecule has 2 N–H and O–H groups in total. The lowest BCUT2D eigenvalue weighted by Crippen LogP contribution is -2.17. The van der Waals surface area contributed by atoms with Gasteiger partial charge in [0.2, 0.25) is 0 Å². The third kappa shape index (κ3) is 1.43. The molecular weight excluding hydrogens is 116 g/mol. The first-order valence-corrected chi connectivity index (χ1v) is 3.45. The van der Waals surface area contributed by atoms with Crippen LogP contribution >= 0.6 is 0 Å². The molecule has 0 aromatic rings. The van der Waals surface area contributed by atoms with Crippen LogP contribution in [0.3, 0.4) is 0 Å². The summed E-state index contributed by atoms with van der Waals surface area (Å²) < 4.78 is 0. The molecule has 0 spiro atoms. The molecule has 0 bridgehead atoms. The Bertz CT molecular complexity index is 103. The van der Waals surface area contributed by atoms with Crippen molar-refractivity contribution in [2.45, 2.75) is 32.3 Å². The van der Waals surface area contributed by atoms with E-state index in [0.29, 0.717) is 0 Å². The minimum absolute atomic E-state index is 0.0133. The summed E-state index contributed by atoms with van der Waals surface area (Å²) in [6.07, 6.45) is 2.42. The van der Waals surface area contributed by atoms with E-state index in [-0.39, 0.29) is 18.1 Å². The fourth-order valence-corrected chi connectivity index (χ4v) is 1.43. The molecule has 0 heterocycles. The van der Waals surface area contributed by atoms with Gasteiger partial charge in [-0.2, -0.15) is 0 Å². The van der Waals surface area contributed by atoms with Gasteiger partial charge in [-0.15, -0.1) is 0 Å². The van der Waals surface area contributed by atoms with Crippen molar-refractivity contribution in [2.75, 3.05) is 6.61 Å². The lowest BCUT2D eigenvalue weighted by atomic mass is 9.90. The summed E-state index contributed by atoms with van der Waals surface area (Å²) in [5, 5.41) is 17.9. The lowest BCUT2D eigenvalue weighted by molar-refractivity contribution is 0.117. The largest absolute Gasteiger partial charge is 0.396 e. The second-order valence-electron chi connectivity index (χ2n) is 3.37. The number of aliphatic hydroxyl groups is 2. The Hall–Kier alpha value is -0.0800. The van der Waals surface area contributed by atoms with Gasteiger partial charge in [-0.05, 0) is 24.7 Å². The molecule has 0 saturated heterocycles. The Morgan fingerprint density at radius 3 is 2.56 bits per heavy atom. The average Bonchev–Trinajstić information content (AvgIpc) is 2.13. The van der Waals surface area contributed by atoms with Crippen molar-refractivity contribution in [2.24, 2.45) is 5.41 Å². The quantitative estimate of drug-likeness (QED) is 0.543. The highest BCUT2D eigenvalue weighted by Gasteiger charge is 2.33. The highest BCUT2D eigenvalue weighted by molar-refractivity contribution is 4.84. The lowest BCUT2D eigenvalue weighted by Gasteiger charge is -2.18. The van der Waals surface area contributed by atoms with Crippen LogP contribution in [0.2, 0.25) is 0 Å². The van der Waals surface area contributed by atoms with E-state index in [4.69, 9.17) is 10.2 Å². The number of aliphatic hydroxyl groups excluding tert-OH is 2. The molecule has 0 aliphatic heterocycles. The van der Waals surface area contributed by atoms with Gasteiger partial charge >= 0.3 is 0 Å². The van der Waals surface area contributed by atoms with Gasteiger partial charge < -0.3 is 10.2 Å². The fraction of sp³-hybridized carbons (Fsp3) is 1.00. The molecule has 9 heavy (non-hydrogen) atoms. The van der Waals surface area contributed by atoms with Gasteiger partial charge in [0.05, 0.1) is 6.10 Å². The Morgan fingerprint density at radius 2 is 2.33 bits per heavy atom. The van der Waals surface area contributed by atoms with Crippen molar-refractivity contribution in [3.8, 4) is 0 Å². The Kier molecular flexibility index (Phi) is 1.78. The van der Waals surface area contributed by atoms with Crippen LogP contribution in [-0.4, -0.2) is 22.9 Å². The third-order valence-corrected chi connectivity index (χ3v) is 2.19. The molecule has 1 unspecified atom stereocenters. The highest BCUT2D eigenvalue weighted by atomic mass is 16.3. The van der Waals surface area contributed by atoms with Crippen LogP contribution in [0.5, 0.6) is 0 Å². The Morgan fingerprint density at radius 1 is 1.67 bits per heavy atom. The minimum atomic E-state index is -0.165. The number of hydrogen-bond acceptors (Lipinski definition) is 2. The van der Waals surface area contributed by atoms with E-state index in [1.165, 1.54) is 0 Å². The van der Waals surface area contributed by atoms with Gasteiger partial charge in [0.25, 0.3) is 0 Å². The first-order chi connectivity index (χ1) is 4.16. The molecule has 54 valence electrons. The predicted octanol–water partition coefficient (Wildman–Crippen LogP) is 0.530.